The molecule has 0 unspecified atom stereocenters. The molecule has 0 aliphatic carbocycles. The van der Waals surface area contributed by atoms with Gasteiger partial charge in [-0.25, -0.2) is 4.98 Å². The second-order valence-corrected chi connectivity index (χ2v) is 6.27. The molecular formula is C17H22N2O3S. The standard InChI is InChI=1S/C17H22N2O3S/c1-12(2)17-19-14(11-23-17)10-18-16(20)13-5-4-6-15(9-13)22-8-7-21-3/h4-6,9,11-12H,7-8,10H2,1-3H3,(H,18,20). The Labute approximate surface area is 140 Å². The summed E-state index contributed by atoms with van der Waals surface area (Å²) < 4.78 is 10.5. The van der Waals surface area contributed by atoms with E-state index in [1.807, 2.05) is 11.4 Å². The summed E-state index contributed by atoms with van der Waals surface area (Å²) in [5, 5.41) is 5.96. The fraction of sp³-hybridized carbons (Fsp3) is 0.412. The molecule has 1 heterocycles. The number of carbonyl (C=O) groups excluding carboxylic acids is 1. The van der Waals surface area contributed by atoms with Crippen molar-refractivity contribution in [2.24, 2.45) is 0 Å². The average Bonchev–Trinajstić information content (AvgIpc) is 3.02. The van der Waals surface area contributed by atoms with Gasteiger partial charge >= 0.3 is 0 Å². The maximum absolute atomic E-state index is 12.2. The summed E-state index contributed by atoms with van der Waals surface area (Å²) in [4.78, 5) is 16.7. The molecule has 0 spiro atoms. The van der Waals surface area contributed by atoms with E-state index >= 15 is 0 Å². The molecule has 124 valence electrons. The first-order chi connectivity index (χ1) is 11.1. The highest BCUT2D eigenvalue weighted by atomic mass is 32.1. The number of nitrogens with zero attached hydrogens (tertiary/aromatic N) is 1. The minimum atomic E-state index is -0.138. The second kappa shape index (κ2) is 8.64. The molecule has 2 aromatic rings. The zero-order valence-electron chi connectivity index (χ0n) is 13.7. The second-order valence-electron chi connectivity index (χ2n) is 5.38. The van der Waals surface area contributed by atoms with Crippen molar-refractivity contribution in [1.29, 1.82) is 0 Å². The molecule has 1 aromatic carbocycles. The van der Waals surface area contributed by atoms with E-state index in [1.165, 1.54) is 0 Å². The molecule has 0 bridgehead atoms. The topological polar surface area (TPSA) is 60.5 Å². The van der Waals surface area contributed by atoms with Crippen LogP contribution in [0.4, 0.5) is 0 Å². The molecule has 0 fully saturated rings. The van der Waals surface area contributed by atoms with Gasteiger partial charge in [0.2, 0.25) is 0 Å². The molecule has 0 atom stereocenters. The number of carbonyl (C=O) groups is 1. The van der Waals surface area contributed by atoms with Gasteiger partial charge in [0.05, 0.1) is 23.9 Å². The average molecular weight is 334 g/mol. The largest absolute Gasteiger partial charge is 0.491 e. The van der Waals surface area contributed by atoms with Crippen LogP contribution in [0.1, 0.15) is 40.8 Å². The summed E-state index contributed by atoms with van der Waals surface area (Å²) in [7, 11) is 1.62. The molecule has 0 aliphatic rings. The van der Waals surface area contributed by atoms with Gasteiger partial charge in [-0.3, -0.25) is 4.79 Å². The van der Waals surface area contributed by atoms with Crippen molar-refractivity contribution < 1.29 is 14.3 Å². The van der Waals surface area contributed by atoms with Gasteiger partial charge < -0.3 is 14.8 Å². The third kappa shape index (κ3) is 5.33. The first kappa shape index (κ1) is 17.4. The molecule has 1 aromatic heterocycles. The number of hydrogen-bond acceptors (Lipinski definition) is 5. The third-order valence-electron chi connectivity index (χ3n) is 3.15. The van der Waals surface area contributed by atoms with Gasteiger partial charge in [-0.15, -0.1) is 11.3 Å². The van der Waals surface area contributed by atoms with Gasteiger partial charge in [0, 0.05) is 24.0 Å². The molecule has 2 rings (SSSR count). The molecule has 0 saturated carbocycles. The first-order valence-corrected chi connectivity index (χ1v) is 8.42. The van der Waals surface area contributed by atoms with Crippen LogP contribution in [0.3, 0.4) is 0 Å². The number of methoxy groups -OCH3 is 1. The van der Waals surface area contributed by atoms with E-state index in [2.05, 4.69) is 24.1 Å². The summed E-state index contributed by atoms with van der Waals surface area (Å²) >= 11 is 1.62. The van der Waals surface area contributed by atoms with Crippen molar-refractivity contribution in [3.8, 4) is 5.75 Å². The Morgan fingerprint density at radius 1 is 1.35 bits per heavy atom. The molecule has 0 aliphatic heterocycles. The number of ether oxygens (including phenoxy) is 2. The van der Waals surface area contributed by atoms with Crippen molar-refractivity contribution >= 4 is 17.2 Å². The highest BCUT2D eigenvalue weighted by Gasteiger charge is 2.09. The van der Waals surface area contributed by atoms with Crippen LogP contribution in [0.15, 0.2) is 29.6 Å². The minimum absolute atomic E-state index is 0.138. The normalized spacial score (nSPS) is 10.8. The van der Waals surface area contributed by atoms with Crippen molar-refractivity contribution in [3.05, 3.63) is 45.9 Å². The number of nitrogens with one attached hydrogen (secondary N) is 1. The predicted octanol–water partition coefficient (Wildman–Crippen LogP) is 3.22. The maximum atomic E-state index is 12.2. The summed E-state index contributed by atoms with van der Waals surface area (Å²) in [6.45, 7) is 5.61. The Morgan fingerprint density at radius 3 is 2.87 bits per heavy atom. The highest BCUT2D eigenvalue weighted by Crippen LogP contribution is 2.19. The van der Waals surface area contributed by atoms with E-state index in [1.54, 1.807) is 36.6 Å². The number of aromatic nitrogens is 1. The summed E-state index contributed by atoms with van der Waals surface area (Å²) in [6.07, 6.45) is 0. The van der Waals surface area contributed by atoms with E-state index < -0.39 is 0 Å². The van der Waals surface area contributed by atoms with Crippen molar-refractivity contribution in [1.82, 2.24) is 10.3 Å². The van der Waals surface area contributed by atoms with Crippen molar-refractivity contribution in [2.75, 3.05) is 20.3 Å². The number of amides is 1. The lowest BCUT2D eigenvalue weighted by molar-refractivity contribution is 0.0949. The Bertz CT molecular complexity index is 640. The molecule has 1 amide bonds. The minimum Gasteiger partial charge on any atom is -0.491 e. The van der Waals surface area contributed by atoms with Crippen molar-refractivity contribution in [2.45, 2.75) is 26.3 Å². The van der Waals surface area contributed by atoms with Crippen LogP contribution in [0.25, 0.3) is 0 Å². The lowest BCUT2D eigenvalue weighted by Gasteiger charge is -2.08. The quantitative estimate of drug-likeness (QED) is 0.753. The molecule has 6 heteroatoms. The van der Waals surface area contributed by atoms with Crippen molar-refractivity contribution in [3.63, 3.8) is 0 Å². The predicted molar refractivity (Wildman–Crippen MR) is 91.2 cm³/mol. The zero-order valence-corrected chi connectivity index (χ0v) is 14.5. The van der Waals surface area contributed by atoms with E-state index in [0.29, 0.717) is 37.0 Å². The van der Waals surface area contributed by atoms with E-state index in [9.17, 15) is 4.79 Å². The SMILES string of the molecule is COCCOc1cccc(C(=O)NCc2csc(C(C)C)n2)c1. The van der Waals surface area contributed by atoms with Gasteiger partial charge in [-0.1, -0.05) is 19.9 Å². The Hall–Kier alpha value is -1.92. The molecule has 23 heavy (non-hydrogen) atoms. The van der Waals surface area contributed by atoms with Gasteiger partial charge in [0.1, 0.15) is 12.4 Å². The smallest absolute Gasteiger partial charge is 0.251 e. The zero-order chi connectivity index (χ0) is 16.7. The Kier molecular flexibility index (Phi) is 6.55. The number of hydrogen-bond donors (Lipinski definition) is 1. The Balaban J connectivity index is 1.90. The third-order valence-corrected chi connectivity index (χ3v) is 4.34. The van der Waals surface area contributed by atoms with Gasteiger partial charge in [-0.05, 0) is 18.2 Å². The lowest BCUT2D eigenvalue weighted by atomic mass is 10.2. The molecule has 0 radical (unpaired) electrons. The van der Waals surface area contributed by atoms with Gasteiger partial charge in [0.25, 0.3) is 5.91 Å². The van der Waals surface area contributed by atoms with Crippen LogP contribution in [0.2, 0.25) is 0 Å². The Morgan fingerprint density at radius 2 is 2.17 bits per heavy atom. The summed E-state index contributed by atoms with van der Waals surface area (Å²) in [5.41, 5.74) is 1.46. The summed E-state index contributed by atoms with van der Waals surface area (Å²) in [6, 6.07) is 7.11. The van der Waals surface area contributed by atoms with Crippen LogP contribution in [-0.2, 0) is 11.3 Å². The summed E-state index contributed by atoms with van der Waals surface area (Å²) in [5.74, 6) is 0.928. The van der Waals surface area contributed by atoms with E-state index in [0.717, 1.165) is 10.7 Å². The monoisotopic (exact) mass is 334 g/mol. The van der Waals surface area contributed by atoms with Gasteiger partial charge in [-0.2, -0.15) is 0 Å². The maximum Gasteiger partial charge on any atom is 0.251 e. The van der Waals surface area contributed by atoms with E-state index in [4.69, 9.17) is 9.47 Å². The first-order valence-electron chi connectivity index (χ1n) is 7.54. The highest BCUT2D eigenvalue weighted by molar-refractivity contribution is 7.09. The van der Waals surface area contributed by atoms with Crippen LogP contribution in [0, 0.1) is 0 Å². The van der Waals surface area contributed by atoms with Crippen LogP contribution < -0.4 is 10.1 Å². The fourth-order valence-corrected chi connectivity index (χ4v) is 2.75. The number of thiazole rings is 1. The number of rotatable bonds is 8. The van der Waals surface area contributed by atoms with Crippen LogP contribution in [-0.4, -0.2) is 31.2 Å². The van der Waals surface area contributed by atoms with Crippen LogP contribution in [0.5, 0.6) is 5.75 Å². The number of benzene rings is 1. The molecular weight excluding hydrogens is 312 g/mol. The fourth-order valence-electron chi connectivity index (χ4n) is 1.91. The van der Waals surface area contributed by atoms with Crippen LogP contribution >= 0.6 is 11.3 Å². The van der Waals surface area contributed by atoms with E-state index in [-0.39, 0.29) is 5.91 Å². The lowest BCUT2D eigenvalue weighted by Crippen LogP contribution is -2.23. The van der Waals surface area contributed by atoms with Gasteiger partial charge in [0.15, 0.2) is 0 Å². The molecule has 0 saturated heterocycles. The molecule has 5 nitrogen and oxygen atoms in total. The molecule has 1 N–H and O–H groups in total.